The van der Waals surface area contributed by atoms with Crippen LogP contribution in [0.2, 0.25) is 0 Å². The van der Waals surface area contributed by atoms with Crippen molar-refractivity contribution >= 4 is 12.0 Å². The second-order valence-corrected chi connectivity index (χ2v) is 4.90. The minimum absolute atomic E-state index is 0.116. The Balaban J connectivity index is 0.000000335. The van der Waals surface area contributed by atoms with E-state index in [2.05, 4.69) is 11.9 Å². The molecule has 0 saturated carbocycles. The highest BCUT2D eigenvalue weighted by Crippen LogP contribution is 2.06. The summed E-state index contributed by atoms with van der Waals surface area (Å²) in [5.41, 5.74) is 8.45. The van der Waals surface area contributed by atoms with Gasteiger partial charge in [0, 0.05) is 12.2 Å². The molecule has 0 spiro atoms. The molecule has 0 aliphatic rings. The molecule has 23 heavy (non-hydrogen) atoms. The fourth-order valence-corrected chi connectivity index (χ4v) is 1.54. The predicted molar refractivity (Wildman–Crippen MR) is 96.2 cm³/mol. The van der Waals surface area contributed by atoms with Gasteiger partial charge in [-0.25, -0.2) is 4.39 Å². The van der Waals surface area contributed by atoms with Crippen LogP contribution in [0.15, 0.2) is 55.1 Å². The zero-order valence-electron chi connectivity index (χ0n) is 14.0. The first kappa shape index (κ1) is 20.5. The molecule has 0 fully saturated rings. The van der Waals surface area contributed by atoms with Gasteiger partial charge in [-0.15, -0.1) is 6.58 Å². The van der Waals surface area contributed by atoms with Crippen LogP contribution < -0.4 is 11.1 Å². The van der Waals surface area contributed by atoms with Gasteiger partial charge in [0.2, 0.25) is 0 Å². The molecule has 0 amide bonds. The lowest BCUT2D eigenvalue weighted by Crippen LogP contribution is -2.02. The third kappa shape index (κ3) is 9.98. The summed E-state index contributed by atoms with van der Waals surface area (Å²) in [4.78, 5) is 10.1. The molecule has 124 valence electrons. The largest absolute Gasteiger partial charge is 0.399 e. The van der Waals surface area contributed by atoms with Crippen LogP contribution in [0.3, 0.4) is 0 Å². The zero-order valence-corrected chi connectivity index (χ0v) is 14.0. The molecule has 0 saturated heterocycles. The van der Waals surface area contributed by atoms with Crippen LogP contribution in [0.4, 0.5) is 10.1 Å². The van der Waals surface area contributed by atoms with Gasteiger partial charge in [-0.2, -0.15) is 0 Å². The number of nitrogen functional groups attached to an aromatic ring is 1. The molecule has 3 N–H and O–H groups in total. The monoisotopic (exact) mass is 316 g/mol. The first-order valence-electron chi connectivity index (χ1n) is 7.23. The minimum Gasteiger partial charge on any atom is -0.399 e. The van der Waals surface area contributed by atoms with Gasteiger partial charge in [-0.1, -0.05) is 24.3 Å². The molecule has 0 unspecified atom stereocenters. The number of benzene rings is 2. The average Bonchev–Trinajstić information content (AvgIpc) is 2.49. The van der Waals surface area contributed by atoms with Crippen LogP contribution in [0.5, 0.6) is 0 Å². The molecule has 0 aromatic heterocycles. The van der Waals surface area contributed by atoms with Gasteiger partial charge in [0.05, 0.1) is 5.56 Å². The Kier molecular flexibility index (Phi) is 10.8. The molecular formula is C19H25FN2O. The molecule has 0 atom stereocenters. The number of anilines is 1. The Morgan fingerprint density at radius 1 is 1.17 bits per heavy atom. The summed E-state index contributed by atoms with van der Waals surface area (Å²) in [6.45, 7) is 8.19. The van der Waals surface area contributed by atoms with E-state index in [1.165, 1.54) is 17.7 Å². The molecule has 0 aliphatic heterocycles. The van der Waals surface area contributed by atoms with Crippen LogP contribution in [-0.2, 0) is 0 Å². The van der Waals surface area contributed by atoms with Gasteiger partial charge in [0.1, 0.15) is 5.82 Å². The number of nitrogens with one attached hydrogen (secondary N) is 1. The number of aryl methyl sites for hydroxylation is 2. The average molecular weight is 316 g/mol. The zero-order chi connectivity index (χ0) is 17.7. The summed E-state index contributed by atoms with van der Waals surface area (Å²) in [5, 5.41) is 2.90. The molecule has 0 heterocycles. The van der Waals surface area contributed by atoms with Crippen LogP contribution in [0.1, 0.15) is 21.5 Å². The molecule has 2 rings (SSSR count). The summed E-state index contributed by atoms with van der Waals surface area (Å²) < 4.78 is 12.6. The normalized spacial score (nSPS) is 8.87. The van der Waals surface area contributed by atoms with Gasteiger partial charge in [0.25, 0.3) is 0 Å². The maximum Gasteiger partial charge on any atom is 0.152 e. The van der Waals surface area contributed by atoms with E-state index in [1.54, 1.807) is 13.0 Å². The first-order valence-corrected chi connectivity index (χ1v) is 7.23. The van der Waals surface area contributed by atoms with E-state index in [1.807, 2.05) is 44.3 Å². The third-order valence-electron chi connectivity index (χ3n) is 2.67. The van der Waals surface area contributed by atoms with Gasteiger partial charge in [0.15, 0.2) is 6.29 Å². The van der Waals surface area contributed by atoms with Crippen LogP contribution in [0.25, 0.3) is 0 Å². The minimum atomic E-state index is -0.449. The van der Waals surface area contributed by atoms with Crippen LogP contribution >= 0.6 is 0 Å². The van der Waals surface area contributed by atoms with E-state index in [0.29, 0.717) is 6.29 Å². The summed E-state index contributed by atoms with van der Waals surface area (Å²) in [7, 11) is 1.89. The number of carbonyl (C=O) groups is 1. The molecule has 0 radical (unpaired) electrons. The highest BCUT2D eigenvalue weighted by molar-refractivity contribution is 5.75. The van der Waals surface area contributed by atoms with Crippen molar-refractivity contribution in [3.05, 3.63) is 77.6 Å². The summed E-state index contributed by atoms with van der Waals surface area (Å²) in [6.07, 6.45) is 2.33. The van der Waals surface area contributed by atoms with Crippen molar-refractivity contribution in [3.8, 4) is 0 Å². The number of nitrogens with two attached hydrogens (primary N) is 1. The number of halogens is 1. The Bertz CT molecular complexity index is 595. The van der Waals surface area contributed by atoms with Crippen LogP contribution in [0, 0.1) is 19.7 Å². The molecule has 0 aliphatic carbocycles. The van der Waals surface area contributed by atoms with Crippen molar-refractivity contribution in [1.29, 1.82) is 0 Å². The van der Waals surface area contributed by atoms with E-state index in [0.717, 1.165) is 17.8 Å². The second-order valence-electron chi connectivity index (χ2n) is 4.90. The van der Waals surface area contributed by atoms with E-state index >= 15 is 0 Å². The maximum atomic E-state index is 12.6. The van der Waals surface area contributed by atoms with Crippen LogP contribution in [-0.4, -0.2) is 19.9 Å². The summed E-state index contributed by atoms with van der Waals surface area (Å²) in [5.74, 6) is -0.449. The van der Waals surface area contributed by atoms with Gasteiger partial charge >= 0.3 is 0 Å². The molecule has 2 aromatic carbocycles. The van der Waals surface area contributed by atoms with Gasteiger partial charge < -0.3 is 11.1 Å². The molecule has 2 aromatic rings. The number of hydrogen-bond donors (Lipinski definition) is 2. The Morgan fingerprint density at radius 3 is 2.17 bits per heavy atom. The smallest absolute Gasteiger partial charge is 0.152 e. The van der Waals surface area contributed by atoms with E-state index in [9.17, 15) is 9.18 Å². The number of aldehydes is 1. The van der Waals surface area contributed by atoms with Gasteiger partial charge in [-0.05, 0) is 56.3 Å². The standard InChI is InChI=1S/C8H7FO.C7H9N.C4H9N/c1-6-2-3-7(5-10)8(9)4-6;1-6-3-2-4-7(8)5-6;1-3-4-5-2/h2-5H,1H3;2-5H,8H2,1H3;3,5H,1,4H2,2H3. The quantitative estimate of drug-likeness (QED) is 0.513. The Hall–Kier alpha value is -2.46. The molecular weight excluding hydrogens is 291 g/mol. The fraction of sp³-hybridized carbons (Fsp3) is 0.211. The van der Waals surface area contributed by atoms with E-state index < -0.39 is 5.82 Å². The first-order chi connectivity index (χ1) is 10.9. The van der Waals surface area contributed by atoms with Crippen molar-refractivity contribution in [1.82, 2.24) is 5.32 Å². The lowest BCUT2D eigenvalue weighted by Gasteiger charge is -1.94. The topological polar surface area (TPSA) is 55.1 Å². The van der Waals surface area contributed by atoms with Crippen molar-refractivity contribution in [3.63, 3.8) is 0 Å². The third-order valence-corrected chi connectivity index (χ3v) is 2.67. The highest BCUT2D eigenvalue weighted by Gasteiger charge is 1.98. The van der Waals surface area contributed by atoms with Gasteiger partial charge in [-0.3, -0.25) is 4.79 Å². The van der Waals surface area contributed by atoms with Crippen molar-refractivity contribution in [2.75, 3.05) is 19.3 Å². The van der Waals surface area contributed by atoms with E-state index in [-0.39, 0.29) is 5.56 Å². The van der Waals surface area contributed by atoms with Crippen molar-refractivity contribution < 1.29 is 9.18 Å². The summed E-state index contributed by atoms with van der Waals surface area (Å²) in [6, 6.07) is 12.3. The number of hydrogen-bond acceptors (Lipinski definition) is 3. The number of likely N-dealkylation sites (N-methyl/N-ethyl adjacent to an activating group) is 1. The number of rotatable bonds is 3. The van der Waals surface area contributed by atoms with E-state index in [4.69, 9.17) is 5.73 Å². The maximum absolute atomic E-state index is 12.6. The highest BCUT2D eigenvalue weighted by atomic mass is 19.1. The lowest BCUT2D eigenvalue weighted by molar-refractivity contribution is 0.112. The Morgan fingerprint density at radius 2 is 1.83 bits per heavy atom. The molecule has 3 nitrogen and oxygen atoms in total. The van der Waals surface area contributed by atoms with Crippen molar-refractivity contribution in [2.24, 2.45) is 0 Å². The fourth-order valence-electron chi connectivity index (χ4n) is 1.54. The predicted octanol–water partition coefficient (Wildman–Crippen LogP) is 3.92. The summed E-state index contributed by atoms with van der Waals surface area (Å²) >= 11 is 0. The van der Waals surface area contributed by atoms with Crippen molar-refractivity contribution in [2.45, 2.75) is 13.8 Å². The number of carbonyl (C=O) groups excluding carboxylic acids is 1. The lowest BCUT2D eigenvalue weighted by atomic mass is 10.1. The molecule has 4 heteroatoms. The molecule has 0 bridgehead atoms. The second kappa shape index (κ2) is 12.1. The SMILES string of the molecule is C=CCNC.Cc1ccc(C=O)c(F)c1.Cc1cccc(N)c1. The Labute approximate surface area is 138 Å².